The Balaban J connectivity index is 1.39. The first-order chi connectivity index (χ1) is 14.1. The van der Waals surface area contributed by atoms with Crippen LogP contribution < -0.4 is 10.2 Å². The second kappa shape index (κ2) is 8.76. The van der Waals surface area contributed by atoms with E-state index in [1.807, 2.05) is 24.3 Å². The Kier molecular flexibility index (Phi) is 5.93. The maximum atomic E-state index is 14.4. The Hall–Kier alpha value is -2.69. The van der Waals surface area contributed by atoms with Crippen LogP contribution in [0.3, 0.4) is 0 Å². The molecule has 152 valence electrons. The summed E-state index contributed by atoms with van der Waals surface area (Å²) in [5.41, 5.74) is 4.20. The van der Waals surface area contributed by atoms with Crippen LogP contribution >= 0.6 is 0 Å². The summed E-state index contributed by atoms with van der Waals surface area (Å²) in [6, 6.07) is 10.8. The third-order valence-electron chi connectivity index (χ3n) is 5.95. The number of carbonyl (C=O) groups is 2. The number of rotatable bonds is 6. The smallest absolute Gasteiger partial charge is 0.224 e. The molecule has 1 amide bonds. The number of aryl methyl sites for hydroxylation is 2. The number of para-hydroxylation sites is 1. The fourth-order valence-corrected chi connectivity index (χ4v) is 4.34. The molecule has 0 aromatic heterocycles. The number of hydrogen-bond donors (Lipinski definition) is 1. The highest BCUT2D eigenvalue weighted by molar-refractivity contribution is 6.01. The lowest BCUT2D eigenvalue weighted by Gasteiger charge is -2.22. The minimum Gasteiger partial charge on any atom is -0.370 e. The number of carbonyl (C=O) groups excluding carboxylic acids is 2. The van der Waals surface area contributed by atoms with Crippen molar-refractivity contribution in [2.75, 3.05) is 23.3 Å². The van der Waals surface area contributed by atoms with Gasteiger partial charge in [0, 0.05) is 31.5 Å². The number of hydrogen-bond acceptors (Lipinski definition) is 3. The Morgan fingerprint density at radius 2 is 1.69 bits per heavy atom. The van der Waals surface area contributed by atoms with Gasteiger partial charge >= 0.3 is 0 Å². The van der Waals surface area contributed by atoms with Crippen molar-refractivity contribution in [2.24, 2.45) is 0 Å². The van der Waals surface area contributed by atoms with Crippen molar-refractivity contribution < 1.29 is 14.0 Å². The predicted octanol–water partition coefficient (Wildman–Crippen LogP) is 4.91. The van der Waals surface area contributed by atoms with Gasteiger partial charge in [0.2, 0.25) is 5.91 Å². The fraction of sp³-hybridized carbons (Fsp3) is 0.417. The van der Waals surface area contributed by atoms with Gasteiger partial charge in [0.1, 0.15) is 11.5 Å². The van der Waals surface area contributed by atoms with Crippen LogP contribution in [0.5, 0.6) is 0 Å². The highest BCUT2D eigenvalue weighted by atomic mass is 19.1. The van der Waals surface area contributed by atoms with Gasteiger partial charge in [-0.1, -0.05) is 18.2 Å². The van der Waals surface area contributed by atoms with Crippen molar-refractivity contribution in [2.45, 2.75) is 51.4 Å². The summed E-state index contributed by atoms with van der Waals surface area (Å²) >= 11 is 0. The van der Waals surface area contributed by atoms with Gasteiger partial charge in [0.05, 0.1) is 5.69 Å². The minimum atomic E-state index is -0.441. The summed E-state index contributed by atoms with van der Waals surface area (Å²) in [4.78, 5) is 27.1. The number of fused-ring (bicyclic) bond motifs is 1. The van der Waals surface area contributed by atoms with E-state index in [4.69, 9.17) is 0 Å². The summed E-state index contributed by atoms with van der Waals surface area (Å²) in [7, 11) is 0. The van der Waals surface area contributed by atoms with Gasteiger partial charge in [0.15, 0.2) is 5.78 Å². The van der Waals surface area contributed by atoms with Crippen LogP contribution in [0.4, 0.5) is 15.8 Å². The normalized spacial score (nSPS) is 15.8. The van der Waals surface area contributed by atoms with E-state index in [2.05, 4.69) is 10.2 Å². The number of nitrogens with one attached hydrogen (secondary N) is 1. The quantitative estimate of drug-likeness (QED) is 0.709. The Bertz CT molecular complexity index is 919. The molecule has 4 rings (SSSR count). The van der Waals surface area contributed by atoms with Crippen LogP contribution in [0.25, 0.3) is 0 Å². The van der Waals surface area contributed by atoms with Gasteiger partial charge in [-0.2, -0.15) is 0 Å². The zero-order chi connectivity index (χ0) is 20.2. The average Bonchev–Trinajstić information content (AvgIpc) is 3.28. The average molecular weight is 394 g/mol. The van der Waals surface area contributed by atoms with E-state index in [0.29, 0.717) is 5.56 Å². The lowest BCUT2D eigenvalue weighted by atomic mass is 9.89. The van der Waals surface area contributed by atoms with Crippen LogP contribution in [-0.2, 0) is 17.6 Å². The van der Waals surface area contributed by atoms with E-state index >= 15 is 0 Å². The number of nitrogens with zero attached hydrogens (tertiary/aromatic N) is 1. The first-order valence-corrected chi connectivity index (χ1v) is 10.6. The molecule has 5 heteroatoms. The summed E-state index contributed by atoms with van der Waals surface area (Å²) < 4.78 is 14.4. The molecule has 0 atom stereocenters. The van der Waals surface area contributed by atoms with Gasteiger partial charge in [-0.05, 0) is 67.9 Å². The molecular weight excluding hydrogens is 367 g/mol. The van der Waals surface area contributed by atoms with Crippen molar-refractivity contribution in [3.05, 3.63) is 58.9 Å². The summed E-state index contributed by atoms with van der Waals surface area (Å²) in [6.07, 6.45) is 6.77. The molecule has 0 saturated carbocycles. The zero-order valence-electron chi connectivity index (χ0n) is 16.7. The highest BCUT2D eigenvalue weighted by Gasteiger charge is 2.20. The number of anilines is 2. The standard InChI is InChI=1S/C24H27FN2O2/c25-20-8-5-9-21(27-14-3-4-15-27)24(20)26-23(29)13-12-22(28)19-11-10-17-6-1-2-7-18(17)16-19/h5,8-11,16H,1-4,6-7,12-15H2,(H,26,29). The van der Waals surface area contributed by atoms with Crippen molar-refractivity contribution >= 4 is 23.1 Å². The first kappa shape index (κ1) is 19.6. The van der Waals surface area contributed by atoms with Gasteiger partial charge in [-0.15, -0.1) is 0 Å². The van der Waals surface area contributed by atoms with Crippen molar-refractivity contribution in [3.8, 4) is 0 Å². The number of ketones is 1. The van der Waals surface area contributed by atoms with Crippen LogP contribution in [0.1, 0.15) is 60.0 Å². The van der Waals surface area contributed by atoms with Gasteiger partial charge < -0.3 is 10.2 Å². The van der Waals surface area contributed by atoms with Gasteiger partial charge in [-0.3, -0.25) is 9.59 Å². The second-order valence-electron chi connectivity index (χ2n) is 7.99. The first-order valence-electron chi connectivity index (χ1n) is 10.6. The SMILES string of the molecule is O=C(CCC(=O)c1ccc2c(c1)CCCC2)Nc1c(F)cccc1N1CCCC1. The second-order valence-corrected chi connectivity index (χ2v) is 7.99. The molecule has 0 bridgehead atoms. The van der Waals surface area contributed by atoms with E-state index in [9.17, 15) is 14.0 Å². The van der Waals surface area contributed by atoms with E-state index < -0.39 is 5.82 Å². The van der Waals surface area contributed by atoms with Crippen LogP contribution in [0, 0.1) is 5.82 Å². The number of amides is 1. The molecule has 1 heterocycles. The molecule has 2 aliphatic rings. The molecule has 1 N–H and O–H groups in total. The molecule has 2 aromatic rings. The zero-order valence-corrected chi connectivity index (χ0v) is 16.7. The molecule has 1 saturated heterocycles. The molecule has 4 nitrogen and oxygen atoms in total. The molecule has 0 unspecified atom stereocenters. The highest BCUT2D eigenvalue weighted by Crippen LogP contribution is 2.31. The monoisotopic (exact) mass is 394 g/mol. The molecule has 1 aliphatic carbocycles. The molecule has 0 spiro atoms. The summed E-state index contributed by atoms with van der Waals surface area (Å²) in [5.74, 6) is -0.813. The summed E-state index contributed by atoms with van der Waals surface area (Å²) in [5, 5.41) is 2.70. The third-order valence-corrected chi connectivity index (χ3v) is 5.95. The van der Waals surface area contributed by atoms with Crippen molar-refractivity contribution in [1.29, 1.82) is 0 Å². The maximum Gasteiger partial charge on any atom is 0.224 e. The number of halogens is 1. The Labute approximate surface area is 171 Å². The predicted molar refractivity (Wildman–Crippen MR) is 113 cm³/mol. The van der Waals surface area contributed by atoms with E-state index in [0.717, 1.165) is 50.9 Å². The number of Topliss-reactive ketones (excluding diaryl/α,β-unsaturated/α-hetero) is 1. The Morgan fingerprint density at radius 1 is 0.931 bits per heavy atom. The van der Waals surface area contributed by atoms with Crippen LogP contribution in [0.2, 0.25) is 0 Å². The molecular formula is C24H27FN2O2. The van der Waals surface area contributed by atoms with E-state index in [1.165, 1.54) is 23.6 Å². The molecule has 2 aromatic carbocycles. The lowest BCUT2D eigenvalue weighted by molar-refractivity contribution is -0.116. The van der Waals surface area contributed by atoms with Gasteiger partial charge in [0.25, 0.3) is 0 Å². The van der Waals surface area contributed by atoms with Crippen molar-refractivity contribution in [3.63, 3.8) is 0 Å². The maximum absolute atomic E-state index is 14.4. The van der Waals surface area contributed by atoms with Crippen molar-refractivity contribution in [1.82, 2.24) is 0 Å². The molecule has 1 fully saturated rings. The molecule has 1 aliphatic heterocycles. The van der Waals surface area contributed by atoms with Gasteiger partial charge in [-0.25, -0.2) is 4.39 Å². The minimum absolute atomic E-state index is 0.0400. The third kappa shape index (κ3) is 4.50. The number of benzene rings is 2. The molecule has 0 radical (unpaired) electrons. The van der Waals surface area contributed by atoms with Crippen LogP contribution in [0.15, 0.2) is 36.4 Å². The lowest BCUT2D eigenvalue weighted by Crippen LogP contribution is -2.22. The Morgan fingerprint density at radius 3 is 2.48 bits per heavy atom. The van der Waals surface area contributed by atoms with E-state index in [-0.39, 0.29) is 30.2 Å². The molecule has 29 heavy (non-hydrogen) atoms. The summed E-state index contributed by atoms with van der Waals surface area (Å²) in [6.45, 7) is 1.73. The fourth-order valence-electron chi connectivity index (χ4n) is 4.34. The van der Waals surface area contributed by atoms with Crippen LogP contribution in [-0.4, -0.2) is 24.8 Å². The van der Waals surface area contributed by atoms with E-state index in [1.54, 1.807) is 6.07 Å². The topological polar surface area (TPSA) is 49.4 Å². The largest absolute Gasteiger partial charge is 0.370 e.